The van der Waals surface area contributed by atoms with Crippen LogP contribution < -0.4 is 0 Å². The Kier molecular flexibility index (Phi) is 5.43. The molecule has 94 valence electrons. The van der Waals surface area contributed by atoms with Crippen LogP contribution in [0.2, 0.25) is 0 Å². The van der Waals surface area contributed by atoms with Crippen LogP contribution in [0.3, 0.4) is 0 Å². The average molecular weight is 252 g/mol. The quantitative estimate of drug-likeness (QED) is 0.672. The highest BCUT2D eigenvalue weighted by Gasteiger charge is 2.37. The maximum Gasteiger partial charge on any atom is 0.322 e. The van der Waals surface area contributed by atoms with Crippen molar-refractivity contribution in [1.82, 2.24) is 0 Å². The summed E-state index contributed by atoms with van der Waals surface area (Å²) in [5, 5.41) is 7.22. The van der Waals surface area contributed by atoms with Gasteiger partial charge in [0.2, 0.25) is 0 Å². The molecular formula is C9H16O6S. The highest BCUT2D eigenvalue weighted by Crippen LogP contribution is 2.14. The van der Waals surface area contributed by atoms with Crippen LogP contribution in [-0.4, -0.2) is 43.1 Å². The number of ether oxygens (including phenoxy) is 1. The zero-order valence-electron chi connectivity index (χ0n) is 9.47. The van der Waals surface area contributed by atoms with E-state index in [1.165, 1.54) is 13.8 Å². The van der Waals surface area contributed by atoms with Crippen molar-refractivity contribution in [3.8, 4) is 0 Å². The fraction of sp³-hybridized carbons (Fsp3) is 0.778. The van der Waals surface area contributed by atoms with Gasteiger partial charge < -0.3 is 9.84 Å². The Hall–Kier alpha value is -1.11. The molecule has 0 saturated heterocycles. The number of hydrogen-bond acceptors (Lipinski definition) is 5. The van der Waals surface area contributed by atoms with Gasteiger partial charge in [-0.3, -0.25) is 9.59 Å². The monoisotopic (exact) mass is 252 g/mol. The first kappa shape index (κ1) is 14.9. The van der Waals surface area contributed by atoms with E-state index in [4.69, 9.17) is 5.11 Å². The van der Waals surface area contributed by atoms with E-state index in [0.717, 1.165) is 0 Å². The van der Waals surface area contributed by atoms with Crippen molar-refractivity contribution in [2.24, 2.45) is 5.92 Å². The average Bonchev–Trinajstić information content (AvgIpc) is 1.99. The number of carboxylic acid groups (broad SMARTS) is 1. The maximum absolute atomic E-state index is 11.6. The first-order valence-electron chi connectivity index (χ1n) is 4.82. The van der Waals surface area contributed by atoms with Crippen LogP contribution >= 0.6 is 0 Å². The van der Waals surface area contributed by atoms with Crippen molar-refractivity contribution >= 4 is 21.8 Å². The predicted octanol–water partition coefficient (Wildman–Crippen LogP) is 0.0735. The molecule has 0 radical (unpaired) electrons. The highest BCUT2D eigenvalue weighted by molar-refractivity contribution is 7.93. The largest absolute Gasteiger partial charge is 0.480 e. The number of sulfone groups is 1. The Labute approximate surface area is 94.5 Å². The van der Waals surface area contributed by atoms with E-state index >= 15 is 0 Å². The second-order valence-electron chi connectivity index (χ2n) is 3.62. The van der Waals surface area contributed by atoms with Crippen molar-refractivity contribution in [3.63, 3.8) is 0 Å². The lowest BCUT2D eigenvalue weighted by Gasteiger charge is -2.16. The van der Waals surface area contributed by atoms with E-state index in [1.54, 1.807) is 6.92 Å². The third kappa shape index (κ3) is 4.18. The van der Waals surface area contributed by atoms with Gasteiger partial charge in [-0.05, 0) is 12.8 Å². The second-order valence-corrected chi connectivity index (χ2v) is 5.74. The third-order valence-electron chi connectivity index (χ3n) is 1.86. The van der Waals surface area contributed by atoms with E-state index in [2.05, 4.69) is 4.74 Å². The van der Waals surface area contributed by atoms with E-state index < -0.39 is 38.7 Å². The van der Waals surface area contributed by atoms with Gasteiger partial charge in [0.15, 0.2) is 15.1 Å². The standard InChI is InChI=1S/C9H16O6S/c1-4-15-7(10)5-16(13,14)8(6(2)3)9(11)12/h6,8H,4-5H2,1-3H3,(H,11,12). The molecule has 1 unspecified atom stereocenters. The minimum Gasteiger partial charge on any atom is -0.480 e. The van der Waals surface area contributed by atoms with E-state index in [1.807, 2.05) is 0 Å². The number of carbonyl (C=O) groups excluding carboxylic acids is 1. The Morgan fingerprint density at radius 2 is 1.81 bits per heavy atom. The van der Waals surface area contributed by atoms with E-state index in [9.17, 15) is 18.0 Å². The van der Waals surface area contributed by atoms with Crippen LogP contribution in [0.15, 0.2) is 0 Å². The first-order valence-corrected chi connectivity index (χ1v) is 6.54. The topological polar surface area (TPSA) is 97.7 Å². The molecule has 0 aromatic carbocycles. The summed E-state index contributed by atoms with van der Waals surface area (Å²) in [6, 6.07) is 0. The number of carboxylic acids is 1. The molecule has 0 aliphatic heterocycles. The van der Waals surface area contributed by atoms with Crippen LogP contribution in [-0.2, 0) is 24.2 Å². The molecule has 16 heavy (non-hydrogen) atoms. The summed E-state index contributed by atoms with van der Waals surface area (Å²) in [6.07, 6.45) is 0. The zero-order valence-corrected chi connectivity index (χ0v) is 10.3. The van der Waals surface area contributed by atoms with Crippen LogP contribution in [0.5, 0.6) is 0 Å². The van der Waals surface area contributed by atoms with Gasteiger partial charge in [0.25, 0.3) is 0 Å². The molecule has 0 amide bonds. The molecule has 7 heteroatoms. The van der Waals surface area contributed by atoms with Crippen molar-refractivity contribution in [3.05, 3.63) is 0 Å². The van der Waals surface area contributed by atoms with Gasteiger partial charge in [-0.2, -0.15) is 0 Å². The fourth-order valence-corrected chi connectivity index (χ4v) is 3.04. The molecule has 0 rings (SSSR count). The van der Waals surface area contributed by atoms with Gasteiger partial charge in [0, 0.05) is 0 Å². The minimum absolute atomic E-state index is 0.0633. The molecular weight excluding hydrogens is 236 g/mol. The molecule has 0 saturated carbocycles. The lowest BCUT2D eigenvalue weighted by Crippen LogP contribution is -2.38. The van der Waals surface area contributed by atoms with Gasteiger partial charge in [0.05, 0.1) is 6.61 Å². The Balaban J connectivity index is 4.88. The Bertz CT molecular complexity index is 356. The molecule has 0 aromatic rings. The molecule has 1 N–H and O–H groups in total. The lowest BCUT2D eigenvalue weighted by molar-refractivity contribution is -0.139. The minimum atomic E-state index is -4.02. The van der Waals surface area contributed by atoms with Crippen molar-refractivity contribution in [2.45, 2.75) is 26.0 Å². The maximum atomic E-state index is 11.6. The van der Waals surface area contributed by atoms with Crippen molar-refractivity contribution in [1.29, 1.82) is 0 Å². The predicted molar refractivity (Wildman–Crippen MR) is 56.7 cm³/mol. The molecule has 0 spiro atoms. The molecule has 0 aliphatic carbocycles. The van der Waals surface area contributed by atoms with Gasteiger partial charge in [-0.15, -0.1) is 0 Å². The summed E-state index contributed by atoms with van der Waals surface area (Å²) in [4.78, 5) is 21.8. The normalized spacial score (nSPS) is 13.5. The number of esters is 1. The smallest absolute Gasteiger partial charge is 0.322 e. The van der Waals surface area contributed by atoms with Crippen LogP contribution in [0.4, 0.5) is 0 Å². The Morgan fingerprint density at radius 1 is 1.31 bits per heavy atom. The molecule has 0 heterocycles. The second kappa shape index (κ2) is 5.83. The first-order chi connectivity index (χ1) is 7.22. The van der Waals surface area contributed by atoms with E-state index in [0.29, 0.717) is 0 Å². The van der Waals surface area contributed by atoms with Crippen LogP contribution in [0.1, 0.15) is 20.8 Å². The third-order valence-corrected chi connectivity index (χ3v) is 4.02. The Morgan fingerprint density at radius 3 is 2.12 bits per heavy atom. The van der Waals surface area contributed by atoms with Gasteiger partial charge in [-0.1, -0.05) is 13.8 Å². The SMILES string of the molecule is CCOC(=O)CS(=O)(=O)C(C(=O)O)C(C)C. The molecule has 0 aliphatic rings. The summed E-state index contributed by atoms with van der Waals surface area (Å²) in [5.41, 5.74) is 0. The number of rotatable bonds is 6. The summed E-state index contributed by atoms with van der Waals surface area (Å²) >= 11 is 0. The molecule has 0 bridgehead atoms. The van der Waals surface area contributed by atoms with Crippen molar-refractivity contribution < 1.29 is 27.9 Å². The summed E-state index contributed by atoms with van der Waals surface area (Å²) in [7, 11) is -4.02. The van der Waals surface area contributed by atoms with Gasteiger partial charge in [0.1, 0.15) is 5.75 Å². The highest BCUT2D eigenvalue weighted by atomic mass is 32.2. The van der Waals surface area contributed by atoms with Gasteiger partial charge >= 0.3 is 11.9 Å². The molecule has 0 aromatic heterocycles. The fourth-order valence-electron chi connectivity index (χ4n) is 1.31. The number of aliphatic carboxylic acids is 1. The van der Waals surface area contributed by atoms with Crippen LogP contribution in [0, 0.1) is 5.92 Å². The summed E-state index contributed by atoms with van der Waals surface area (Å²) < 4.78 is 27.7. The lowest BCUT2D eigenvalue weighted by atomic mass is 10.1. The molecule has 0 fully saturated rings. The number of hydrogen-bond donors (Lipinski definition) is 1. The van der Waals surface area contributed by atoms with E-state index in [-0.39, 0.29) is 6.61 Å². The molecule has 1 atom stereocenters. The number of carbonyl (C=O) groups is 2. The van der Waals surface area contributed by atoms with Gasteiger partial charge in [-0.25, -0.2) is 8.42 Å². The molecule has 6 nitrogen and oxygen atoms in total. The summed E-state index contributed by atoms with van der Waals surface area (Å²) in [5.74, 6) is -3.86. The van der Waals surface area contributed by atoms with Crippen LogP contribution in [0.25, 0.3) is 0 Å². The zero-order chi connectivity index (χ0) is 12.9. The van der Waals surface area contributed by atoms with Crippen molar-refractivity contribution in [2.75, 3.05) is 12.4 Å². The summed E-state index contributed by atoms with van der Waals surface area (Å²) in [6.45, 7) is 4.55.